The number of benzene rings is 1. The van der Waals surface area contributed by atoms with E-state index in [1.807, 2.05) is 38.2 Å². The van der Waals surface area contributed by atoms with Crippen molar-refractivity contribution in [2.75, 3.05) is 50.2 Å². The van der Waals surface area contributed by atoms with Crippen molar-refractivity contribution in [1.29, 1.82) is 0 Å². The van der Waals surface area contributed by atoms with E-state index in [0.717, 1.165) is 49.1 Å². The number of pyridine rings is 1. The van der Waals surface area contributed by atoms with Crippen LogP contribution in [0, 0.1) is 0 Å². The molecule has 0 bridgehead atoms. The van der Waals surface area contributed by atoms with Crippen LogP contribution in [0.25, 0.3) is 0 Å². The third-order valence-corrected chi connectivity index (χ3v) is 4.86. The van der Waals surface area contributed by atoms with Gasteiger partial charge in [-0.1, -0.05) is 6.07 Å². The summed E-state index contributed by atoms with van der Waals surface area (Å²) in [5.74, 6) is 3.08. The Morgan fingerprint density at radius 2 is 2.09 bits per heavy atom. The second-order valence-electron chi connectivity index (χ2n) is 7.27. The summed E-state index contributed by atoms with van der Waals surface area (Å²) in [6.45, 7) is 10.4. The Morgan fingerprint density at radius 1 is 1.25 bits per heavy atom. The zero-order valence-electron chi connectivity index (χ0n) is 19.3. The van der Waals surface area contributed by atoms with Gasteiger partial charge < -0.3 is 29.7 Å². The zero-order chi connectivity index (χ0) is 22.1. The van der Waals surface area contributed by atoms with Crippen LogP contribution in [0.4, 0.5) is 11.5 Å². The van der Waals surface area contributed by atoms with Gasteiger partial charge in [-0.25, -0.2) is 9.98 Å². The van der Waals surface area contributed by atoms with Crippen molar-refractivity contribution in [2.45, 2.75) is 33.4 Å². The van der Waals surface area contributed by atoms with Gasteiger partial charge in [-0.2, -0.15) is 0 Å². The number of guanidine groups is 1. The molecule has 0 radical (unpaired) electrons. The van der Waals surface area contributed by atoms with Gasteiger partial charge in [0.25, 0.3) is 0 Å². The normalized spacial score (nSPS) is 16.2. The topological polar surface area (TPSA) is 80.2 Å². The van der Waals surface area contributed by atoms with Crippen molar-refractivity contribution < 1.29 is 14.2 Å². The molecule has 0 aliphatic carbocycles. The highest BCUT2D eigenvalue weighted by Gasteiger charge is 2.17. The minimum absolute atomic E-state index is 0. The second-order valence-corrected chi connectivity index (χ2v) is 7.27. The maximum Gasteiger partial charge on any atom is 0.196 e. The monoisotopic (exact) mass is 555 g/mol. The van der Waals surface area contributed by atoms with Crippen LogP contribution < -0.4 is 25.0 Å². The van der Waals surface area contributed by atoms with E-state index in [9.17, 15) is 0 Å². The average molecular weight is 555 g/mol. The number of aromatic nitrogens is 1. The molecule has 1 aliphatic heterocycles. The van der Waals surface area contributed by atoms with E-state index < -0.39 is 0 Å². The van der Waals surface area contributed by atoms with E-state index in [2.05, 4.69) is 39.6 Å². The van der Waals surface area contributed by atoms with Gasteiger partial charge in [0.1, 0.15) is 5.82 Å². The third-order valence-electron chi connectivity index (χ3n) is 4.86. The Morgan fingerprint density at radius 3 is 2.75 bits per heavy atom. The zero-order valence-corrected chi connectivity index (χ0v) is 21.6. The van der Waals surface area contributed by atoms with Gasteiger partial charge >= 0.3 is 0 Å². The molecule has 1 aromatic heterocycles. The third kappa shape index (κ3) is 7.40. The van der Waals surface area contributed by atoms with Crippen LogP contribution in [-0.2, 0) is 11.3 Å². The van der Waals surface area contributed by atoms with E-state index in [1.54, 1.807) is 7.11 Å². The molecule has 1 fully saturated rings. The molecule has 3 rings (SSSR count). The number of methoxy groups -OCH3 is 1. The van der Waals surface area contributed by atoms with Crippen molar-refractivity contribution >= 4 is 41.4 Å². The molecule has 1 saturated heterocycles. The number of rotatable bonds is 8. The van der Waals surface area contributed by atoms with Gasteiger partial charge in [-0.05, 0) is 44.5 Å². The molecule has 2 heterocycles. The van der Waals surface area contributed by atoms with E-state index in [-0.39, 0.29) is 30.1 Å². The lowest BCUT2D eigenvalue weighted by Crippen LogP contribution is -2.41. The van der Waals surface area contributed by atoms with Crippen LogP contribution in [0.3, 0.4) is 0 Å². The maximum absolute atomic E-state index is 5.61. The summed E-state index contributed by atoms with van der Waals surface area (Å²) in [5.41, 5.74) is 1.92. The average Bonchev–Trinajstić information content (AvgIpc) is 2.79. The van der Waals surface area contributed by atoms with Gasteiger partial charge in [0.2, 0.25) is 0 Å². The molecule has 0 saturated carbocycles. The number of nitrogens with zero attached hydrogens (tertiary/aromatic N) is 3. The number of morpholine rings is 1. The fraction of sp³-hybridized carbons (Fsp3) is 0.478. The summed E-state index contributed by atoms with van der Waals surface area (Å²) in [7, 11) is 1.63. The highest BCUT2D eigenvalue weighted by Crippen LogP contribution is 2.30. The molecule has 0 spiro atoms. The second kappa shape index (κ2) is 13.3. The minimum atomic E-state index is 0. The highest BCUT2D eigenvalue weighted by molar-refractivity contribution is 14.0. The molecule has 176 valence electrons. The van der Waals surface area contributed by atoms with E-state index in [1.165, 1.54) is 0 Å². The van der Waals surface area contributed by atoms with Crippen LogP contribution in [-0.4, -0.2) is 57.0 Å². The Bertz CT molecular complexity index is 863. The number of hydrogen-bond donors (Lipinski definition) is 2. The lowest BCUT2D eigenvalue weighted by Gasteiger charge is -2.32. The molecule has 1 atom stereocenters. The molecule has 0 amide bonds. The fourth-order valence-corrected chi connectivity index (χ4v) is 3.36. The van der Waals surface area contributed by atoms with Crippen molar-refractivity contribution in [1.82, 2.24) is 10.3 Å². The largest absolute Gasteiger partial charge is 0.493 e. The maximum atomic E-state index is 5.61. The Balaban J connectivity index is 0.00000363. The minimum Gasteiger partial charge on any atom is -0.493 e. The summed E-state index contributed by atoms with van der Waals surface area (Å²) in [4.78, 5) is 11.6. The Kier molecular flexibility index (Phi) is 10.8. The lowest BCUT2D eigenvalue weighted by molar-refractivity contribution is 0.0529. The predicted molar refractivity (Wildman–Crippen MR) is 140 cm³/mol. The van der Waals surface area contributed by atoms with Crippen LogP contribution in [0.2, 0.25) is 0 Å². The fourth-order valence-electron chi connectivity index (χ4n) is 3.36. The first-order chi connectivity index (χ1) is 15.1. The van der Waals surface area contributed by atoms with E-state index in [0.29, 0.717) is 24.9 Å². The van der Waals surface area contributed by atoms with Gasteiger partial charge in [-0.15, -0.1) is 24.0 Å². The molecular weight excluding hydrogens is 521 g/mol. The molecule has 2 N–H and O–H groups in total. The molecule has 8 nitrogen and oxygen atoms in total. The van der Waals surface area contributed by atoms with Crippen molar-refractivity contribution in [3.8, 4) is 11.5 Å². The molecule has 1 unspecified atom stereocenters. The number of anilines is 2. The van der Waals surface area contributed by atoms with E-state index in [4.69, 9.17) is 19.2 Å². The van der Waals surface area contributed by atoms with Gasteiger partial charge in [0.05, 0.1) is 33.0 Å². The lowest BCUT2D eigenvalue weighted by atomic mass is 10.2. The van der Waals surface area contributed by atoms with Crippen molar-refractivity contribution in [3.05, 3.63) is 42.1 Å². The summed E-state index contributed by atoms with van der Waals surface area (Å²) in [6.07, 6.45) is 2.12. The molecular formula is C23H34IN5O3. The van der Waals surface area contributed by atoms with Crippen LogP contribution in [0.1, 0.15) is 26.3 Å². The van der Waals surface area contributed by atoms with Crippen LogP contribution >= 0.6 is 24.0 Å². The smallest absolute Gasteiger partial charge is 0.196 e. The number of aliphatic imine (C=N–C) groups is 1. The quantitative estimate of drug-likeness (QED) is 0.291. The first-order valence-electron chi connectivity index (χ1n) is 10.8. The first-order valence-corrected chi connectivity index (χ1v) is 10.8. The van der Waals surface area contributed by atoms with Crippen LogP contribution in [0.15, 0.2) is 41.5 Å². The summed E-state index contributed by atoms with van der Waals surface area (Å²) >= 11 is 0. The summed E-state index contributed by atoms with van der Waals surface area (Å²) < 4.78 is 16.6. The number of ether oxygens (including phenoxy) is 3. The molecule has 2 aromatic rings. The standard InChI is InChI=1S/C23H33N5O3.HI/c1-5-24-23(27-19-8-9-20(30-6-2)21(13-19)29-4)26-15-18-7-10-22(25-14-18)28-11-12-31-17(3)16-28;/h7-10,13-14,17H,5-6,11-12,15-16H2,1-4H3,(H2,24,26,27);1H. The van der Waals surface area contributed by atoms with E-state index >= 15 is 0 Å². The van der Waals surface area contributed by atoms with Gasteiger partial charge in [0.15, 0.2) is 17.5 Å². The first kappa shape index (κ1) is 26.0. The number of hydrogen-bond acceptors (Lipinski definition) is 6. The number of halogens is 1. The Labute approximate surface area is 207 Å². The molecule has 1 aromatic carbocycles. The molecule has 32 heavy (non-hydrogen) atoms. The summed E-state index contributed by atoms with van der Waals surface area (Å²) in [6, 6.07) is 9.87. The number of nitrogens with one attached hydrogen (secondary N) is 2. The highest BCUT2D eigenvalue weighted by atomic mass is 127. The van der Waals surface area contributed by atoms with Crippen LogP contribution in [0.5, 0.6) is 11.5 Å². The Hall–Kier alpha value is -2.27. The van der Waals surface area contributed by atoms with Crippen molar-refractivity contribution in [3.63, 3.8) is 0 Å². The SMILES string of the molecule is CCNC(=NCc1ccc(N2CCOC(C)C2)nc1)Nc1ccc(OCC)c(OC)c1.I. The molecule has 9 heteroatoms. The molecule has 1 aliphatic rings. The van der Waals surface area contributed by atoms with Gasteiger partial charge in [0, 0.05) is 37.6 Å². The van der Waals surface area contributed by atoms with Gasteiger partial charge in [-0.3, -0.25) is 0 Å². The van der Waals surface area contributed by atoms with Crippen molar-refractivity contribution in [2.24, 2.45) is 4.99 Å². The summed E-state index contributed by atoms with van der Waals surface area (Å²) in [5, 5.41) is 6.59. The predicted octanol–water partition coefficient (Wildman–Crippen LogP) is 3.91.